The van der Waals surface area contributed by atoms with Gasteiger partial charge in [-0.3, -0.25) is 0 Å². The van der Waals surface area contributed by atoms with E-state index in [1.165, 1.54) is 19.2 Å². The lowest BCUT2D eigenvalue weighted by Crippen LogP contribution is -1.86. The fourth-order valence-corrected chi connectivity index (χ4v) is 1.18. The van der Waals surface area contributed by atoms with E-state index >= 15 is 0 Å². The molecule has 1 fully saturated rings. The zero-order valence-electron chi connectivity index (χ0n) is 7.56. The van der Waals surface area contributed by atoms with Crippen molar-refractivity contribution in [3.63, 3.8) is 0 Å². The predicted octanol–water partition coefficient (Wildman–Crippen LogP) is 2.42. The molecule has 1 aromatic rings. The number of rotatable bonds is 1. The predicted molar refractivity (Wildman–Crippen MR) is 48.4 cm³/mol. The Morgan fingerprint density at radius 1 is 1.15 bits per heavy atom. The molecule has 1 aliphatic rings. The van der Waals surface area contributed by atoms with Crippen molar-refractivity contribution < 1.29 is 8.78 Å². The Hall–Kier alpha value is -0.960. The fourth-order valence-electron chi connectivity index (χ4n) is 1.18. The molecule has 2 rings (SSSR count). The van der Waals surface area contributed by atoms with Crippen molar-refractivity contribution in [2.24, 2.45) is 5.73 Å². The molecular weight excluding hydrogens is 172 g/mol. The van der Waals surface area contributed by atoms with Crippen molar-refractivity contribution in [2.45, 2.75) is 18.8 Å². The molecule has 0 bridgehead atoms. The average molecular weight is 185 g/mol. The molecule has 0 saturated heterocycles. The van der Waals surface area contributed by atoms with Crippen molar-refractivity contribution in [1.29, 1.82) is 0 Å². The first-order chi connectivity index (χ1) is 6.27. The summed E-state index contributed by atoms with van der Waals surface area (Å²) in [5.41, 5.74) is 5.43. The molecule has 0 amide bonds. The second-order valence-electron chi connectivity index (χ2n) is 2.95. The summed E-state index contributed by atoms with van der Waals surface area (Å²) in [4.78, 5) is 0. The zero-order chi connectivity index (χ0) is 9.84. The molecule has 0 heterocycles. The quantitative estimate of drug-likeness (QED) is 0.714. The van der Waals surface area contributed by atoms with Gasteiger partial charge in [0.25, 0.3) is 0 Å². The van der Waals surface area contributed by atoms with Gasteiger partial charge in [-0.2, -0.15) is 0 Å². The molecule has 0 unspecified atom stereocenters. The van der Waals surface area contributed by atoms with Gasteiger partial charge in [-0.25, -0.2) is 8.78 Å². The van der Waals surface area contributed by atoms with Crippen LogP contribution < -0.4 is 5.73 Å². The largest absolute Gasteiger partial charge is 0.333 e. The van der Waals surface area contributed by atoms with E-state index in [0.29, 0.717) is 5.92 Å². The molecule has 13 heavy (non-hydrogen) atoms. The average Bonchev–Trinajstić information content (AvgIpc) is 2.96. The summed E-state index contributed by atoms with van der Waals surface area (Å²) < 4.78 is 25.0. The number of hydrogen-bond acceptors (Lipinski definition) is 1. The molecule has 1 aromatic carbocycles. The maximum atomic E-state index is 12.6. The highest BCUT2D eigenvalue weighted by Gasteiger charge is 2.24. The van der Waals surface area contributed by atoms with Crippen molar-refractivity contribution in [3.8, 4) is 0 Å². The van der Waals surface area contributed by atoms with Gasteiger partial charge in [-0.15, -0.1) is 0 Å². The van der Waals surface area contributed by atoms with Gasteiger partial charge < -0.3 is 5.73 Å². The van der Waals surface area contributed by atoms with E-state index in [2.05, 4.69) is 5.73 Å². The Morgan fingerprint density at radius 3 is 2.23 bits per heavy atom. The number of benzene rings is 1. The summed E-state index contributed by atoms with van der Waals surface area (Å²) in [6.07, 6.45) is 2.23. The van der Waals surface area contributed by atoms with Gasteiger partial charge >= 0.3 is 0 Å². The highest BCUT2D eigenvalue weighted by atomic mass is 19.2. The van der Waals surface area contributed by atoms with Gasteiger partial charge in [0, 0.05) is 0 Å². The molecule has 0 atom stereocenters. The lowest BCUT2D eigenvalue weighted by Gasteiger charge is -1.97. The van der Waals surface area contributed by atoms with E-state index in [0.717, 1.165) is 18.4 Å². The molecule has 1 aliphatic carbocycles. The van der Waals surface area contributed by atoms with Gasteiger partial charge in [-0.1, -0.05) is 6.07 Å². The van der Waals surface area contributed by atoms with Crippen LogP contribution in [0.5, 0.6) is 0 Å². The minimum Gasteiger partial charge on any atom is -0.333 e. The third-order valence-electron chi connectivity index (χ3n) is 1.99. The molecule has 2 N–H and O–H groups in total. The second-order valence-corrected chi connectivity index (χ2v) is 2.95. The lowest BCUT2D eigenvalue weighted by atomic mass is 10.1. The molecule has 0 aromatic heterocycles. The van der Waals surface area contributed by atoms with Crippen LogP contribution in [-0.4, -0.2) is 7.05 Å². The number of hydrogen-bond donors (Lipinski definition) is 1. The van der Waals surface area contributed by atoms with Gasteiger partial charge in [0.1, 0.15) is 0 Å². The first kappa shape index (κ1) is 10.1. The summed E-state index contributed by atoms with van der Waals surface area (Å²) in [6.45, 7) is 0. The fraction of sp³-hybridized carbons (Fsp3) is 0.400. The van der Waals surface area contributed by atoms with Crippen LogP contribution in [-0.2, 0) is 0 Å². The topological polar surface area (TPSA) is 26.0 Å². The van der Waals surface area contributed by atoms with Gasteiger partial charge in [0.15, 0.2) is 11.6 Å². The van der Waals surface area contributed by atoms with Crippen LogP contribution in [0.2, 0.25) is 0 Å². The Morgan fingerprint density at radius 2 is 1.77 bits per heavy atom. The van der Waals surface area contributed by atoms with Crippen LogP contribution >= 0.6 is 0 Å². The monoisotopic (exact) mass is 185 g/mol. The Labute approximate surface area is 76.6 Å². The standard InChI is InChI=1S/C9H8F2.CH5N/c10-8-4-3-7(5-9(8)11)6-1-2-6;1-2/h3-6H,1-2H2;2H2,1H3. The number of nitrogens with two attached hydrogens (primary N) is 1. The van der Waals surface area contributed by atoms with E-state index in [-0.39, 0.29) is 0 Å². The van der Waals surface area contributed by atoms with Gasteiger partial charge in [-0.05, 0) is 43.5 Å². The van der Waals surface area contributed by atoms with Crippen LogP contribution in [0.25, 0.3) is 0 Å². The third-order valence-corrected chi connectivity index (χ3v) is 1.99. The van der Waals surface area contributed by atoms with Crippen LogP contribution in [0, 0.1) is 11.6 Å². The maximum absolute atomic E-state index is 12.6. The highest BCUT2D eigenvalue weighted by molar-refractivity contribution is 5.24. The molecule has 1 nitrogen and oxygen atoms in total. The van der Waals surface area contributed by atoms with Gasteiger partial charge in [0.2, 0.25) is 0 Å². The van der Waals surface area contributed by atoms with Crippen LogP contribution in [0.15, 0.2) is 18.2 Å². The maximum Gasteiger partial charge on any atom is 0.159 e. The zero-order valence-corrected chi connectivity index (χ0v) is 7.56. The summed E-state index contributed by atoms with van der Waals surface area (Å²) >= 11 is 0. The summed E-state index contributed by atoms with van der Waals surface area (Å²) in [7, 11) is 1.50. The van der Waals surface area contributed by atoms with Gasteiger partial charge in [0.05, 0.1) is 0 Å². The molecule has 72 valence electrons. The van der Waals surface area contributed by atoms with E-state index in [1.807, 2.05) is 0 Å². The molecule has 3 heteroatoms. The Balaban J connectivity index is 0.000000396. The molecule has 0 radical (unpaired) electrons. The van der Waals surface area contributed by atoms with E-state index in [1.54, 1.807) is 6.07 Å². The van der Waals surface area contributed by atoms with E-state index in [9.17, 15) is 8.78 Å². The summed E-state index contributed by atoms with van der Waals surface area (Å²) in [6, 6.07) is 4.16. The molecule has 1 saturated carbocycles. The minimum atomic E-state index is -0.755. The van der Waals surface area contributed by atoms with Crippen molar-refractivity contribution in [1.82, 2.24) is 0 Å². The number of halogens is 2. The first-order valence-electron chi connectivity index (χ1n) is 4.30. The second kappa shape index (κ2) is 4.33. The molecular formula is C10H13F2N. The minimum absolute atomic E-state index is 0.491. The summed E-state index contributed by atoms with van der Waals surface area (Å²) in [5, 5.41) is 0. The Kier molecular flexibility index (Phi) is 3.37. The van der Waals surface area contributed by atoms with E-state index in [4.69, 9.17) is 0 Å². The van der Waals surface area contributed by atoms with Crippen LogP contribution in [0.1, 0.15) is 24.3 Å². The Bertz CT molecular complexity index is 282. The van der Waals surface area contributed by atoms with Crippen molar-refractivity contribution in [3.05, 3.63) is 35.4 Å². The SMILES string of the molecule is CN.Fc1ccc(C2CC2)cc1F. The highest BCUT2D eigenvalue weighted by Crippen LogP contribution is 2.40. The summed E-state index contributed by atoms with van der Waals surface area (Å²) in [5.74, 6) is -0.992. The third kappa shape index (κ3) is 2.49. The smallest absolute Gasteiger partial charge is 0.159 e. The normalized spacial score (nSPS) is 14.8. The molecule has 0 aliphatic heterocycles. The van der Waals surface area contributed by atoms with Crippen LogP contribution in [0.4, 0.5) is 8.78 Å². The van der Waals surface area contributed by atoms with Crippen molar-refractivity contribution >= 4 is 0 Å². The first-order valence-corrected chi connectivity index (χ1v) is 4.30. The lowest BCUT2D eigenvalue weighted by molar-refractivity contribution is 0.507. The van der Waals surface area contributed by atoms with Crippen LogP contribution in [0.3, 0.4) is 0 Å². The molecule has 0 spiro atoms. The van der Waals surface area contributed by atoms with Crippen molar-refractivity contribution in [2.75, 3.05) is 7.05 Å². The van der Waals surface area contributed by atoms with E-state index < -0.39 is 11.6 Å².